The Bertz CT molecular complexity index is 774. The third-order valence-corrected chi connectivity index (χ3v) is 2.78. The summed E-state index contributed by atoms with van der Waals surface area (Å²) >= 11 is 0. The number of hydrogen-bond acceptors (Lipinski definition) is 8. The molecular formula is C19H31N5O6. The number of carbonyl (C=O) groups excluding carboxylic acids is 2. The third-order valence-electron chi connectivity index (χ3n) is 2.78. The van der Waals surface area contributed by atoms with E-state index in [0.29, 0.717) is 0 Å². The number of hydrogen-bond donors (Lipinski definition) is 5. The number of rotatable bonds is 6. The Balaban J connectivity index is 0. The van der Waals surface area contributed by atoms with Crippen molar-refractivity contribution in [2.45, 2.75) is 47.2 Å². The number of carboxylic acids is 1. The van der Waals surface area contributed by atoms with Gasteiger partial charge in [0.05, 0.1) is 24.8 Å². The Morgan fingerprint density at radius 1 is 1.17 bits per heavy atom. The monoisotopic (exact) mass is 425 g/mol. The van der Waals surface area contributed by atoms with E-state index in [-0.39, 0.29) is 41.9 Å². The molecule has 0 saturated heterocycles. The van der Waals surface area contributed by atoms with Crippen molar-refractivity contribution in [2.75, 3.05) is 6.61 Å². The van der Waals surface area contributed by atoms with E-state index in [1.807, 2.05) is 27.7 Å². The fourth-order valence-electron chi connectivity index (χ4n) is 1.62. The predicted molar refractivity (Wildman–Crippen MR) is 110 cm³/mol. The van der Waals surface area contributed by atoms with Crippen molar-refractivity contribution in [3.05, 3.63) is 47.1 Å². The number of aliphatic hydroxyl groups excluding tert-OH is 1. The van der Waals surface area contributed by atoms with Crippen LogP contribution in [-0.2, 0) is 11.3 Å². The molecule has 11 nitrogen and oxygen atoms in total. The average Bonchev–Trinajstić information content (AvgIpc) is 3.23. The second kappa shape index (κ2) is 16.6. The number of primary amides is 1. The first-order chi connectivity index (χ1) is 14.2. The number of nitrogens with zero attached hydrogens (tertiary/aromatic N) is 2. The number of nitrogens with two attached hydrogens (primary N) is 2. The molecule has 1 unspecified atom stereocenters. The van der Waals surface area contributed by atoms with Gasteiger partial charge in [-0.2, -0.15) is 4.98 Å². The molecule has 0 saturated carbocycles. The Morgan fingerprint density at radius 3 is 2.20 bits per heavy atom. The molecule has 0 radical (unpaired) electrons. The van der Waals surface area contributed by atoms with Gasteiger partial charge in [-0.25, -0.2) is 4.79 Å². The maximum Gasteiger partial charge on any atom is 0.335 e. The molecule has 7 N–H and O–H groups in total. The minimum absolute atomic E-state index is 0.0154. The SMILES string of the molecule is CC.CC.CC(N)=O.NC(CO)c1noc(CNC(=O)c2cccc(C(=O)O)c2)n1. The van der Waals surface area contributed by atoms with Crippen LogP contribution in [0.2, 0.25) is 0 Å². The second-order valence-electron chi connectivity index (χ2n) is 5.01. The van der Waals surface area contributed by atoms with Crippen LogP contribution in [0.4, 0.5) is 0 Å². The van der Waals surface area contributed by atoms with Gasteiger partial charge in [-0.15, -0.1) is 0 Å². The van der Waals surface area contributed by atoms with Gasteiger partial charge in [0.15, 0.2) is 5.82 Å². The van der Waals surface area contributed by atoms with Gasteiger partial charge in [0.25, 0.3) is 5.91 Å². The van der Waals surface area contributed by atoms with E-state index in [0.717, 1.165) is 0 Å². The highest BCUT2D eigenvalue weighted by atomic mass is 16.5. The molecule has 0 aliphatic heterocycles. The van der Waals surface area contributed by atoms with E-state index in [9.17, 15) is 14.4 Å². The van der Waals surface area contributed by atoms with Crippen LogP contribution in [0.5, 0.6) is 0 Å². The summed E-state index contributed by atoms with van der Waals surface area (Å²) in [6.45, 7) is 8.94. The van der Waals surface area contributed by atoms with Gasteiger partial charge in [0.2, 0.25) is 11.8 Å². The third kappa shape index (κ3) is 11.5. The lowest BCUT2D eigenvalue weighted by Crippen LogP contribution is -2.23. The number of carboxylic acid groups (broad SMARTS) is 1. The van der Waals surface area contributed by atoms with Crippen LogP contribution in [0.1, 0.15) is 73.1 Å². The molecule has 0 aliphatic carbocycles. The Labute approximate surface area is 175 Å². The molecule has 2 rings (SSSR count). The van der Waals surface area contributed by atoms with E-state index >= 15 is 0 Å². The number of aromatic carboxylic acids is 1. The van der Waals surface area contributed by atoms with E-state index in [2.05, 4.69) is 21.2 Å². The summed E-state index contributed by atoms with van der Waals surface area (Å²) in [6.07, 6.45) is 0. The number of aromatic nitrogens is 2. The second-order valence-corrected chi connectivity index (χ2v) is 5.01. The zero-order valence-electron chi connectivity index (χ0n) is 17.9. The van der Waals surface area contributed by atoms with Gasteiger partial charge in [-0.1, -0.05) is 38.9 Å². The van der Waals surface area contributed by atoms with Crippen LogP contribution in [0.3, 0.4) is 0 Å². The molecule has 11 heteroatoms. The summed E-state index contributed by atoms with van der Waals surface area (Å²) in [5, 5.41) is 23.8. The van der Waals surface area contributed by atoms with Crippen LogP contribution in [0.15, 0.2) is 28.8 Å². The quantitative estimate of drug-likeness (QED) is 0.452. The molecule has 0 aliphatic rings. The topological polar surface area (TPSA) is 195 Å². The number of aliphatic hydroxyl groups is 1. The first-order valence-electron chi connectivity index (χ1n) is 9.31. The largest absolute Gasteiger partial charge is 0.478 e. The average molecular weight is 425 g/mol. The van der Waals surface area contributed by atoms with Crippen molar-refractivity contribution in [1.82, 2.24) is 15.5 Å². The molecule has 168 valence electrons. The molecule has 0 bridgehead atoms. The summed E-state index contributed by atoms with van der Waals surface area (Å²) in [5.41, 5.74) is 10.2. The number of carbonyl (C=O) groups is 3. The standard InChI is InChI=1S/C13H14N4O5.C2H5NO.2C2H6/c14-9(6-18)11-16-10(22-17-11)5-15-12(19)7-2-1-3-8(4-7)13(20)21;1-2(3)4;2*1-2/h1-4,9,18H,5-6,14H2,(H,15,19)(H,20,21);1H3,(H2,3,4);2*1-2H3. The minimum Gasteiger partial charge on any atom is -0.478 e. The summed E-state index contributed by atoms with van der Waals surface area (Å²) in [5.74, 6) is -1.66. The molecular weight excluding hydrogens is 394 g/mol. The number of nitrogens with one attached hydrogen (secondary N) is 1. The Kier molecular flexibility index (Phi) is 16.0. The van der Waals surface area contributed by atoms with E-state index in [1.54, 1.807) is 0 Å². The maximum atomic E-state index is 11.9. The molecule has 2 aromatic rings. The van der Waals surface area contributed by atoms with Gasteiger partial charge < -0.3 is 31.5 Å². The lowest BCUT2D eigenvalue weighted by molar-refractivity contribution is -0.115. The zero-order chi connectivity index (χ0) is 23.7. The highest BCUT2D eigenvalue weighted by molar-refractivity contribution is 5.97. The fourth-order valence-corrected chi connectivity index (χ4v) is 1.62. The van der Waals surface area contributed by atoms with Crippen LogP contribution in [-0.4, -0.2) is 44.7 Å². The summed E-state index contributed by atoms with van der Waals surface area (Å²) < 4.78 is 4.87. The first-order valence-corrected chi connectivity index (χ1v) is 9.31. The highest BCUT2D eigenvalue weighted by Gasteiger charge is 2.14. The molecule has 1 atom stereocenters. The number of benzene rings is 1. The lowest BCUT2D eigenvalue weighted by atomic mass is 10.1. The van der Waals surface area contributed by atoms with Crippen molar-refractivity contribution in [2.24, 2.45) is 11.5 Å². The highest BCUT2D eigenvalue weighted by Crippen LogP contribution is 2.07. The van der Waals surface area contributed by atoms with Gasteiger partial charge in [-0.3, -0.25) is 9.59 Å². The minimum atomic E-state index is -1.12. The van der Waals surface area contributed by atoms with Gasteiger partial charge in [-0.05, 0) is 18.2 Å². The predicted octanol–water partition coefficient (Wildman–Crippen LogP) is 1.23. The number of amides is 2. The Hall–Kier alpha value is -3.31. The van der Waals surface area contributed by atoms with Crippen molar-refractivity contribution in [1.29, 1.82) is 0 Å². The summed E-state index contributed by atoms with van der Waals surface area (Å²) in [7, 11) is 0. The lowest BCUT2D eigenvalue weighted by Gasteiger charge is -2.03. The summed E-state index contributed by atoms with van der Waals surface area (Å²) in [6, 6.07) is 4.87. The molecule has 2 amide bonds. The zero-order valence-corrected chi connectivity index (χ0v) is 17.9. The van der Waals surface area contributed by atoms with Crippen LogP contribution in [0.25, 0.3) is 0 Å². The molecule has 1 aromatic heterocycles. The van der Waals surface area contributed by atoms with Gasteiger partial charge >= 0.3 is 5.97 Å². The molecule has 1 heterocycles. The fraction of sp³-hybridized carbons (Fsp3) is 0.421. The molecule has 30 heavy (non-hydrogen) atoms. The van der Waals surface area contributed by atoms with Crippen molar-refractivity contribution >= 4 is 17.8 Å². The van der Waals surface area contributed by atoms with E-state index < -0.39 is 17.9 Å². The van der Waals surface area contributed by atoms with Crippen molar-refractivity contribution in [3.8, 4) is 0 Å². The normalized spacial score (nSPS) is 9.97. The first kappa shape index (κ1) is 28.9. The maximum absolute atomic E-state index is 11.9. The van der Waals surface area contributed by atoms with E-state index in [1.165, 1.54) is 31.2 Å². The molecule has 0 spiro atoms. The molecule has 1 aromatic carbocycles. The van der Waals surface area contributed by atoms with Gasteiger partial charge in [0.1, 0.15) is 0 Å². The van der Waals surface area contributed by atoms with Crippen LogP contribution < -0.4 is 16.8 Å². The van der Waals surface area contributed by atoms with Crippen LogP contribution in [0, 0.1) is 0 Å². The van der Waals surface area contributed by atoms with Crippen molar-refractivity contribution in [3.63, 3.8) is 0 Å². The van der Waals surface area contributed by atoms with E-state index in [4.69, 9.17) is 20.5 Å². The van der Waals surface area contributed by atoms with Crippen LogP contribution >= 0.6 is 0 Å². The van der Waals surface area contributed by atoms with Crippen molar-refractivity contribution < 1.29 is 29.1 Å². The summed E-state index contributed by atoms with van der Waals surface area (Å²) in [4.78, 5) is 35.9. The smallest absolute Gasteiger partial charge is 0.335 e. The Morgan fingerprint density at radius 2 is 1.70 bits per heavy atom. The molecule has 0 fully saturated rings. The van der Waals surface area contributed by atoms with Gasteiger partial charge in [0, 0.05) is 12.5 Å².